The van der Waals surface area contributed by atoms with Crippen LogP contribution in [0.15, 0.2) is 53.3 Å². The highest BCUT2D eigenvalue weighted by molar-refractivity contribution is 9.10. The van der Waals surface area contributed by atoms with Gasteiger partial charge in [-0.1, -0.05) is 29.8 Å². The Bertz CT molecular complexity index is 833. The third-order valence-electron chi connectivity index (χ3n) is 2.95. The number of aromatic nitrogens is 2. The summed E-state index contributed by atoms with van der Waals surface area (Å²) in [5.41, 5.74) is 1.76. The topological polar surface area (TPSA) is 54.9 Å². The highest BCUT2D eigenvalue weighted by atomic mass is 79.9. The van der Waals surface area contributed by atoms with Gasteiger partial charge in [-0.2, -0.15) is 0 Å². The van der Waals surface area contributed by atoms with Crippen LogP contribution in [0, 0.1) is 0 Å². The van der Waals surface area contributed by atoms with Gasteiger partial charge in [0.15, 0.2) is 5.15 Å². The van der Waals surface area contributed by atoms with Gasteiger partial charge in [-0.15, -0.1) is 0 Å². The number of fused-ring (bicyclic) bond motifs is 1. The molecule has 0 saturated carbocycles. The van der Waals surface area contributed by atoms with Crippen LogP contribution in [-0.4, -0.2) is 15.9 Å². The van der Waals surface area contributed by atoms with E-state index in [1.807, 2.05) is 24.3 Å². The van der Waals surface area contributed by atoms with Crippen LogP contribution >= 0.6 is 27.5 Å². The van der Waals surface area contributed by atoms with Crippen LogP contribution in [0.4, 0.5) is 5.69 Å². The number of carbonyl (C=O) groups is 1. The molecule has 2 heterocycles. The number of hydrogen-bond acceptors (Lipinski definition) is 3. The molecular formula is C15H9BrClN3O. The molecule has 0 bridgehead atoms. The SMILES string of the molecule is O=C(Nc1cc(Br)cnc1Cl)c1ccnc2ccccc12. The smallest absolute Gasteiger partial charge is 0.256 e. The van der Waals surface area contributed by atoms with Crippen molar-refractivity contribution < 1.29 is 4.79 Å². The second-order valence-electron chi connectivity index (χ2n) is 4.32. The minimum atomic E-state index is -0.254. The molecule has 4 nitrogen and oxygen atoms in total. The van der Waals surface area contributed by atoms with Crippen LogP contribution in [-0.2, 0) is 0 Å². The Morgan fingerprint density at radius 3 is 2.86 bits per heavy atom. The number of pyridine rings is 2. The van der Waals surface area contributed by atoms with Crippen LogP contribution in [0.3, 0.4) is 0 Å². The van der Waals surface area contributed by atoms with Crippen molar-refractivity contribution >= 4 is 50.0 Å². The predicted octanol–water partition coefficient (Wildman–Crippen LogP) is 4.30. The molecule has 0 spiro atoms. The second-order valence-corrected chi connectivity index (χ2v) is 5.60. The first kappa shape index (κ1) is 14.0. The number of benzene rings is 1. The molecule has 1 amide bonds. The third-order valence-corrected chi connectivity index (χ3v) is 3.68. The van der Waals surface area contributed by atoms with Crippen LogP contribution in [0.1, 0.15) is 10.4 Å². The number of para-hydroxylation sites is 1. The molecule has 0 aliphatic carbocycles. The molecule has 6 heteroatoms. The van der Waals surface area contributed by atoms with Gasteiger partial charge < -0.3 is 5.32 Å². The fourth-order valence-corrected chi connectivity index (χ4v) is 2.48. The molecule has 0 aliphatic rings. The van der Waals surface area contributed by atoms with Gasteiger partial charge >= 0.3 is 0 Å². The highest BCUT2D eigenvalue weighted by Gasteiger charge is 2.12. The monoisotopic (exact) mass is 361 g/mol. The molecule has 0 saturated heterocycles. The molecule has 1 aromatic carbocycles. The standard InChI is InChI=1S/C15H9BrClN3O/c16-9-7-13(14(17)19-8-9)20-15(21)11-5-6-18-12-4-2-1-3-10(11)12/h1-8H,(H,20,21). The number of rotatable bonds is 2. The Morgan fingerprint density at radius 1 is 1.19 bits per heavy atom. The fourth-order valence-electron chi connectivity index (χ4n) is 1.99. The zero-order valence-corrected chi connectivity index (χ0v) is 13.0. The van der Waals surface area contributed by atoms with Gasteiger partial charge in [0.25, 0.3) is 5.91 Å². The summed E-state index contributed by atoms with van der Waals surface area (Å²) in [5, 5.41) is 3.80. The zero-order valence-electron chi connectivity index (χ0n) is 10.7. The molecule has 3 aromatic rings. The van der Waals surface area contributed by atoms with Crippen molar-refractivity contribution in [2.45, 2.75) is 0 Å². The fraction of sp³-hybridized carbons (Fsp3) is 0. The van der Waals surface area contributed by atoms with Gasteiger partial charge in [0.2, 0.25) is 0 Å². The van der Waals surface area contributed by atoms with Crippen molar-refractivity contribution in [1.82, 2.24) is 9.97 Å². The number of nitrogens with one attached hydrogen (secondary N) is 1. The van der Waals surface area contributed by atoms with Crippen molar-refractivity contribution in [1.29, 1.82) is 0 Å². The van der Waals surface area contributed by atoms with E-state index >= 15 is 0 Å². The summed E-state index contributed by atoms with van der Waals surface area (Å²) in [7, 11) is 0. The quantitative estimate of drug-likeness (QED) is 0.692. The van der Waals surface area contributed by atoms with E-state index in [9.17, 15) is 4.79 Å². The molecule has 0 fully saturated rings. The molecule has 0 unspecified atom stereocenters. The zero-order chi connectivity index (χ0) is 14.8. The average molecular weight is 363 g/mol. The number of amides is 1. The normalized spacial score (nSPS) is 10.6. The summed E-state index contributed by atoms with van der Waals surface area (Å²) in [5.74, 6) is -0.254. The van der Waals surface area contributed by atoms with Gasteiger partial charge in [-0.3, -0.25) is 9.78 Å². The molecule has 0 aliphatic heterocycles. The summed E-state index contributed by atoms with van der Waals surface area (Å²) in [6.07, 6.45) is 3.18. The van der Waals surface area contributed by atoms with Gasteiger partial charge in [-0.05, 0) is 34.1 Å². The minimum Gasteiger partial charge on any atom is -0.319 e. The highest BCUT2D eigenvalue weighted by Crippen LogP contribution is 2.24. The van der Waals surface area contributed by atoms with Gasteiger partial charge in [0, 0.05) is 22.3 Å². The third kappa shape index (κ3) is 2.89. The Hall–Kier alpha value is -1.98. The Balaban J connectivity index is 1.99. The van der Waals surface area contributed by atoms with Crippen LogP contribution < -0.4 is 5.32 Å². The number of carbonyl (C=O) groups excluding carboxylic acids is 1. The van der Waals surface area contributed by atoms with Gasteiger partial charge in [0.05, 0.1) is 16.8 Å². The lowest BCUT2D eigenvalue weighted by Gasteiger charge is -2.09. The van der Waals surface area contributed by atoms with Crippen LogP contribution in [0.2, 0.25) is 5.15 Å². The predicted molar refractivity (Wildman–Crippen MR) is 86.6 cm³/mol. The second kappa shape index (κ2) is 5.79. The van der Waals surface area contributed by atoms with E-state index in [-0.39, 0.29) is 11.1 Å². The molecule has 3 rings (SSSR count). The lowest BCUT2D eigenvalue weighted by molar-refractivity contribution is 0.102. The van der Waals surface area contributed by atoms with E-state index in [4.69, 9.17) is 11.6 Å². The number of nitrogens with zero attached hydrogens (tertiary/aromatic N) is 2. The minimum absolute atomic E-state index is 0.241. The van der Waals surface area contributed by atoms with E-state index in [0.29, 0.717) is 11.3 Å². The number of hydrogen-bond donors (Lipinski definition) is 1. The van der Waals surface area contributed by atoms with Crippen molar-refractivity contribution in [3.05, 3.63) is 64.0 Å². The summed E-state index contributed by atoms with van der Waals surface area (Å²) >= 11 is 9.29. The maximum absolute atomic E-state index is 12.5. The van der Waals surface area contributed by atoms with Crippen molar-refractivity contribution in [3.63, 3.8) is 0 Å². The first-order valence-electron chi connectivity index (χ1n) is 6.11. The summed E-state index contributed by atoms with van der Waals surface area (Å²) < 4.78 is 0.738. The lowest BCUT2D eigenvalue weighted by atomic mass is 10.1. The van der Waals surface area contributed by atoms with E-state index in [1.54, 1.807) is 24.5 Å². The maximum atomic E-state index is 12.5. The van der Waals surface area contributed by atoms with Gasteiger partial charge in [0.1, 0.15) is 0 Å². The molecule has 0 atom stereocenters. The maximum Gasteiger partial charge on any atom is 0.256 e. The molecule has 1 N–H and O–H groups in total. The summed E-state index contributed by atoms with van der Waals surface area (Å²) in [4.78, 5) is 20.7. The van der Waals surface area contributed by atoms with Crippen molar-refractivity contribution in [2.75, 3.05) is 5.32 Å². The summed E-state index contributed by atoms with van der Waals surface area (Å²) in [6.45, 7) is 0. The van der Waals surface area contributed by atoms with Crippen LogP contribution in [0.25, 0.3) is 10.9 Å². The number of halogens is 2. The molecular weight excluding hydrogens is 354 g/mol. The van der Waals surface area contributed by atoms with Crippen molar-refractivity contribution in [3.8, 4) is 0 Å². The van der Waals surface area contributed by atoms with E-state index < -0.39 is 0 Å². The Kier molecular flexibility index (Phi) is 3.86. The molecule has 104 valence electrons. The average Bonchev–Trinajstić information content (AvgIpc) is 2.50. The van der Waals surface area contributed by atoms with E-state index in [2.05, 4.69) is 31.2 Å². The van der Waals surface area contributed by atoms with Gasteiger partial charge in [-0.25, -0.2) is 4.98 Å². The Morgan fingerprint density at radius 2 is 2.00 bits per heavy atom. The van der Waals surface area contributed by atoms with E-state index in [1.165, 1.54) is 0 Å². The first-order chi connectivity index (χ1) is 10.1. The lowest BCUT2D eigenvalue weighted by Crippen LogP contribution is -2.13. The van der Waals surface area contributed by atoms with E-state index in [0.717, 1.165) is 15.4 Å². The Labute approximate surface area is 134 Å². The van der Waals surface area contributed by atoms with Crippen molar-refractivity contribution in [2.24, 2.45) is 0 Å². The molecule has 21 heavy (non-hydrogen) atoms. The number of anilines is 1. The van der Waals surface area contributed by atoms with Crippen LogP contribution in [0.5, 0.6) is 0 Å². The largest absolute Gasteiger partial charge is 0.319 e. The molecule has 2 aromatic heterocycles. The first-order valence-corrected chi connectivity index (χ1v) is 7.28. The summed E-state index contributed by atoms with van der Waals surface area (Å²) in [6, 6.07) is 10.9. The molecule has 0 radical (unpaired) electrons.